The molecular weight excluding hydrogens is 332 g/mol. The Balaban J connectivity index is 1.98. The number of amides is 1. The second-order valence-electron chi connectivity index (χ2n) is 6.40. The summed E-state index contributed by atoms with van der Waals surface area (Å²) in [4.78, 5) is 18.7. The number of nitrogens with zero attached hydrogens (tertiary/aromatic N) is 2. The summed E-state index contributed by atoms with van der Waals surface area (Å²) in [5.74, 6) is 1.04. The molecule has 136 valence electrons. The molecule has 2 rings (SSSR count). The van der Waals surface area contributed by atoms with Gasteiger partial charge in [-0.2, -0.15) is 0 Å². The maximum atomic E-state index is 12.2. The van der Waals surface area contributed by atoms with Crippen molar-refractivity contribution in [2.45, 2.75) is 66.7 Å². The Hall–Kier alpha value is -1.88. The third-order valence-corrected chi connectivity index (χ3v) is 5.39. The molecule has 25 heavy (non-hydrogen) atoms. The number of ether oxygens (including phenoxy) is 1. The number of benzene rings is 1. The molecule has 5 heteroatoms. The van der Waals surface area contributed by atoms with Gasteiger partial charge in [-0.1, -0.05) is 19.9 Å². The molecule has 1 amide bonds. The van der Waals surface area contributed by atoms with Crippen LogP contribution in [0.4, 0.5) is 0 Å². The highest BCUT2D eigenvalue weighted by molar-refractivity contribution is 7.09. The summed E-state index contributed by atoms with van der Waals surface area (Å²) in [5, 5.41) is 2.96. The maximum Gasteiger partial charge on any atom is 0.222 e. The molecule has 0 aliphatic carbocycles. The first-order valence-corrected chi connectivity index (χ1v) is 9.75. The second-order valence-corrected chi connectivity index (χ2v) is 7.34. The largest absolute Gasteiger partial charge is 0.486 e. The molecule has 0 saturated carbocycles. The Bertz CT molecular complexity index is 711. The van der Waals surface area contributed by atoms with Crippen LogP contribution in [0.1, 0.15) is 55.4 Å². The molecule has 4 nitrogen and oxygen atoms in total. The minimum atomic E-state index is 0.176. The Morgan fingerprint density at radius 2 is 2.04 bits per heavy atom. The first-order chi connectivity index (χ1) is 11.9. The fourth-order valence-corrected chi connectivity index (χ4v) is 3.22. The highest BCUT2D eigenvalue weighted by Crippen LogP contribution is 2.20. The highest BCUT2D eigenvalue weighted by atomic mass is 32.1. The van der Waals surface area contributed by atoms with Crippen molar-refractivity contribution in [3.63, 3.8) is 0 Å². The molecule has 1 aromatic heterocycles. The van der Waals surface area contributed by atoms with Gasteiger partial charge in [-0.25, -0.2) is 4.98 Å². The smallest absolute Gasteiger partial charge is 0.222 e. The molecule has 0 bridgehead atoms. The van der Waals surface area contributed by atoms with E-state index in [1.54, 1.807) is 11.3 Å². The average molecular weight is 361 g/mol. The van der Waals surface area contributed by atoms with Gasteiger partial charge >= 0.3 is 0 Å². The summed E-state index contributed by atoms with van der Waals surface area (Å²) in [7, 11) is 0. The first-order valence-electron chi connectivity index (χ1n) is 8.87. The van der Waals surface area contributed by atoms with Crippen molar-refractivity contribution >= 4 is 17.2 Å². The standard InChI is InChI=1S/C20H28N2O2S/c1-6-16(5)22(20(23)7-2)11-17-13-25-19(21-17)12-24-18-9-8-14(3)15(4)10-18/h8-10,13,16H,6-7,11-12H2,1-5H3/t16-/m0/s1. The van der Waals surface area contributed by atoms with E-state index in [1.807, 2.05) is 23.3 Å². The molecular formula is C20H28N2O2S. The van der Waals surface area contributed by atoms with Crippen LogP contribution in [-0.2, 0) is 17.9 Å². The van der Waals surface area contributed by atoms with Gasteiger partial charge in [-0.15, -0.1) is 11.3 Å². The van der Waals surface area contributed by atoms with Crippen LogP contribution in [0.2, 0.25) is 0 Å². The summed E-state index contributed by atoms with van der Waals surface area (Å²) in [5.41, 5.74) is 3.42. The van der Waals surface area contributed by atoms with E-state index in [2.05, 4.69) is 44.8 Å². The Morgan fingerprint density at radius 3 is 2.68 bits per heavy atom. The summed E-state index contributed by atoms with van der Waals surface area (Å²) >= 11 is 1.58. The van der Waals surface area contributed by atoms with E-state index >= 15 is 0 Å². The van der Waals surface area contributed by atoms with E-state index in [0.29, 0.717) is 19.6 Å². The van der Waals surface area contributed by atoms with Gasteiger partial charge in [-0.05, 0) is 50.5 Å². The van der Waals surface area contributed by atoms with Crippen molar-refractivity contribution in [1.82, 2.24) is 9.88 Å². The van der Waals surface area contributed by atoms with Crippen LogP contribution < -0.4 is 4.74 Å². The normalized spacial score (nSPS) is 12.0. The second kappa shape index (κ2) is 8.99. The molecule has 0 saturated heterocycles. The lowest BCUT2D eigenvalue weighted by Gasteiger charge is -2.27. The van der Waals surface area contributed by atoms with Crippen LogP contribution >= 0.6 is 11.3 Å². The van der Waals surface area contributed by atoms with Gasteiger partial charge in [-0.3, -0.25) is 4.79 Å². The van der Waals surface area contributed by atoms with Crippen LogP contribution in [-0.4, -0.2) is 21.8 Å². The summed E-state index contributed by atoms with van der Waals surface area (Å²) in [6.07, 6.45) is 1.47. The zero-order valence-electron chi connectivity index (χ0n) is 15.8. The van der Waals surface area contributed by atoms with Gasteiger partial charge in [0.05, 0.1) is 12.2 Å². The zero-order valence-corrected chi connectivity index (χ0v) is 16.7. The van der Waals surface area contributed by atoms with Crippen molar-refractivity contribution in [1.29, 1.82) is 0 Å². The molecule has 1 atom stereocenters. The van der Waals surface area contributed by atoms with E-state index in [-0.39, 0.29) is 11.9 Å². The SMILES string of the molecule is CCC(=O)N(Cc1csc(COc2ccc(C)c(C)c2)n1)[C@@H](C)CC. The van der Waals surface area contributed by atoms with Crippen LogP contribution in [0, 0.1) is 13.8 Å². The number of rotatable bonds is 8. The number of carbonyl (C=O) groups excluding carboxylic acids is 1. The number of carbonyl (C=O) groups is 1. The third kappa shape index (κ3) is 5.30. The number of aromatic nitrogens is 1. The summed E-state index contributed by atoms with van der Waals surface area (Å²) in [6, 6.07) is 6.33. The monoisotopic (exact) mass is 360 g/mol. The van der Waals surface area contributed by atoms with E-state index in [9.17, 15) is 4.79 Å². The van der Waals surface area contributed by atoms with Crippen molar-refractivity contribution in [2.24, 2.45) is 0 Å². The minimum absolute atomic E-state index is 0.176. The van der Waals surface area contributed by atoms with Gasteiger partial charge in [0.2, 0.25) is 5.91 Å². The molecule has 0 unspecified atom stereocenters. The zero-order chi connectivity index (χ0) is 18.4. The highest BCUT2D eigenvalue weighted by Gasteiger charge is 2.19. The molecule has 1 heterocycles. The molecule has 0 aliphatic heterocycles. The van der Waals surface area contributed by atoms with Gasteiger partial charge in [0.15, 0.2) is 0 Å². The number of aryl methyl sites for hydroxylation is 2. The predicted molar refractivity (Wildman–Crippen MR) is 103 cm³/mol. The Kier molecular flexibility index (Phi) is 7.00. The molecule has 0 spiro atoms. The predicted octanol–water partition coefficient (Wildman–Crippen LogP) is 4.88. The van der Waals surface area contributed by atoms with Gasteiger partial charge in [0.25, 0.3) is 0 Å². The van der Waals surface area contributed by atoms with Crippen molar-refractivity contribution in [3.8, 4) is 5.75 Å². The summed E-state index contributed by atoms with van der Waals surface area (Å²) in [6.45, 7) is 11.3. The van der Waals surface area contributed by atoms with Gasteiger partial charge in [0.1, 0.15) is 17.4 Å². The van der Waals surface area contributed by atoms with Crippen molar-refractivity contribution in [2.75, 3.05) is 0 Å². The Labute approximate surface area is 154 Å². The molecule has 0 radical (unpaired) electrons. The van der Waals surface area contributed by atoms with Crippen LogP contribution in [0.5, 0.6) is 5.75 Å². The number of thiazole rings is 1. The molecule has 0 aliphatic rings. The van der Waals surface area contributed by atoms with Crippen LogP contribution in [0.3, 0.4) is 0 Å². The van der Waals surface area contributed by atoms with Crippen LogP contribution in [0.25, 0.3) is 0 Å². The topological polar surface area (TPSA) is 42.4 Å². The lowest BCUT2D eigenvalue weighted by Crippen LogP contribution is -2.37. The third-order valence-electron chi connectivity index (χ3n) is 4.52. The summed E-state index contributed by atoms with van der Waals surface area (Å²) < 4.78 is 5.85. The van der Waals surface area contributed by atoms with E-state index in [0.717, 1.165) is 22.9 Å². The van der Waals surface area contributed by atoms with E-state index in [4.69, 9.17) is 4.74 Å². The first kappa shape index (κ1) is 19.4. The van der Waals surface area contributed by atoms with Gasteiger partial charge in [0, 0.05) is 17.8 Å². The lowest BCUT2D eigenvalue weighted by molar-refractivity contribution is -0.133. The van der Waals surface area contributed by atoms with Gasteiger partial charge < -0.3 is 9.64 Å². The average Bonchev–Trinajstić information content (AvgIpc) is 3.07. The quantitative estimate of drug-likeness (QED) is 0.674. The van der Waals surface area contributed by atoms with Crippen LogP contribution in [0.15, 0.2) is 23.6 Å². The molecule has 2 aromatic rings. The fourth-order valence-electron chi connectivity index (χ4n) is 2.52. The maximum absolute atomic E-state index is 12.2. The fraction of sp³-hybridized carbons (Fsp3) is 0.500. The lowest BCUT2D eigenvalue weighted by atomic mass is 10.1. The number of hydrogen-bond donors (Lipinski definition) is 0. The molecule has 0 fully saturated rings. The van der Waals surface area contributed by atoms with E-state index < -0.39 is 0 Å². The van der Waals surface area contributed by atoms with E-state index in [1.165, 1.54) is 11.1 Å². The minimum Gasteiger partial charge on any atom is -0.486 e. The number of hydrogen-bond acceptors (Lipinski definition) is 4. The Morgan fingerprint density at radius 1 is 1.28 bits per heavy atom. The van der Waals surface area contributed by atoms with Crippen molar-refractivity contribution < 1.29 is 9.53 Å². The molecule has 0 N–H and O–H groups in total. The molecule has 1 aromatic carbocycles. The van der Waals surface area contributed by atoms with Crippen molar-refractivity contribution in [3.05, 3.63) is 45.4 Å².